The van der Waals surface area contributed by atoms with Gasteiger partial charge in [-0.05, 0) is 0 Å². The first kappa shape index (κ1) is 47.4. The van der Waals surface area contributed by atoms with E-state index in [4.69, 9.17) is 19.8 Å². The Kier molecular flexibility index (Phi) is 138. The summed E-state index contributed by atoms with van der Waals surface area (Å²) in [7, 11) is 0. The molecule has 0 aromatic carbocycles. The Morgan fingerprint density at radius 3 is 1.15 bits per heavy atom. The van der Waals surface area contributed by atoms with Crippen molar-refractivity contribution in [2.24, 2.45) is 0 Å². The van der Waals surface area contributed by atoms with E-state index in [0.717, 1.165) is 6.92 Å². The minimum absolute atomic E-state index is 0. The molecular weight excluding hydrogens is 222 g/mol. The van der Waals surface area contributed by atoms with Crippen molar-refractivity contribution in [1.82, 2.24) is 0 Å². The molecule has 7 nitrogen and oxygen atoms in total. The predicted molar refractivity (Wildman–Crippen MR) is 38.3 cm³/mol. The van der Waals surface area contributed by atoms with Gasteiger partial charge in [0, 0.05) is 6.92 Å². The van der Waals surface area contributed by atoms with Crippen molar-refractivity contribution in [1.29, 1.82) is 0 Å². The average molecular weight is 236 g/mol. The van der Waals surface area contributed by atoms with Crippen LogP contribution in [0.25, 0.3) is 0 Å². The third kappa shape index (κ3) is 972. The van der Waals surface area contributed by atoms with Gasteiger partial charge in [0.05, 0.1) is 0 Å². The van der Waals surface area contributed by atoms with Gasteiger partial charge in [-0.3, -0.25) is 16.5 Å². The van der Waals surface area contributed by atoms with Crippen LogP contribution in [0.3, 0.4) is 0 Å². The van der Waals surface area contributed by atoms with Gasteiger partial charge in [-0.25, -0.2) is 0 Å². The zero-order valence-corrected chi connectivity index (χ0v) is 13.0. The maximum absolute atomic E-state index is 9.00. The molecule has 0 fully saturated rings. The number of rotatable bonds is 0. The smallest absolute Gasteiger partial charge is 1.00 e. The first-order valence-electron chi connectivity index (χ1n) is 1.71. The Balaban J connectivity index is -0.00000000600. The molecule has 8 N–H and O–H groups in total. The van der Waals surface area contributed by atoms with Crippen molar-refractivity contribution in [3.8, 4) is 0 Å². The molecule has 0 aliphatic rings. The first-order chi connectivity index (χ1) is 3.46. The Bertz CT molecular complexity index is 83.7. The number of carboxylic acid groups (broad SMARTS) is 2. The molecule has 0 atom stereocenters. The van der Waals surface area contributed by atoms with Crippen LogP contribution in [-0.4, -0.2) is 38.6 Å². The van der Waals surface area contributed by atoms with Crippen molar-refractivity contribution in [3.63, 3.8) is 0 Å². The number of carboxylic acids is 2. The largest absolute Gasteiger partial charge is 1.00 e. The van der Waals surface area contributed by atoms with Crippen LogP contribution < -0.4 is 80.9 Å². The molecule has 74 valence electrons. The van der Waals surface area contributed by atoms with Gasteiger partial charge >= 0.3 is 80.9 Å². The second kappa shape index (κ2) is 37.7. The third-order valence-corrected chi connectivity index (χ3v) is 0. The average Bonchev–Trinajstić information content (AvgIpc) is 1.25. The fraction of sp³-hybridized carbons (Fsp3) is 0.250. The SMILES string of the molecule is CC(=O)O.O.O.O.[CH2-]C(=O)O.[H-].[K+].[Na+]. The van der Waals surface area contributed by atoms with Gasteiger partial charge in [-0.2, -0.15) is 0 Å². The summed E-state index contributed by atoms with van der Waals surface area (Å²) in [4.78, 5) is 17.9. The van der Waals surface area contributed by atoms with Crippen LogP contribution in [0.4, 0.5) is 0 Å². The molecule has 0 saturated heterocycles. The second-order valence-electron chi connectivity index (χ2n) is 0.913. The van der Waals surface area contributed by atoms with Gasteiger partial charge in [-0.1, -0.05) is 0 Å². The van der Waals surface area contributed by atoms with Crippen molar-refractivity contribution in [2.45, 2.75) is 6.92 Å². The molecule has 0 aromatic heterocycles. The quantitative estimate of drug-likeness (QED) is 0.314. The van der Waals surface area contributed by atoms with Crippen LogP contribution in [0, 0.1) is 6.92 Å². The zero-order valence-electron chi connectivity index (χ0n) is 8.92. The van der Waals surface area contributed by atoms with E-state index in [0.29, 0.717) is 0 Å². The normalized spacial score (nSPS) is 3.77. The van der Waals surface area contributed by atoms with Crippen LogP contribution in [0.5, 0.6) is 0 Å². The van der Waals surface area contributed by atoms with Gasteiger partial charge < -0.3 is 28.1 Å². The second-order valence-corrected chi connectivity index (χ2v) is 0.913. The van der Waals surface area contributed by atoms with E-state index in [1.807, 2.05) is 0 Å². The van der Waals surface area contributed by atoms with Gasteiger partial charge in [0.15, 0.2) is 5.97 Å². The van der Waals surface area contributed by atoms with Crippen LogP contribution >= 0.6 is 0 Å². The molecule has 13 heavy (non-hydrogen) atoms. The molecule has 9 heteroatoms. The summed E-state index contributed by atoms with van der Waals surface area (Å²) in [6.07, 6.45) is 0. The molecule has 0 rings (SSSR count). The molecular formula is C4H14KNaO7. The van der Waals surface area contributed by atoms with E-state index < -0.39 is 11.9 Å². The maximum atomic E-state index is 9.00. The van der Waals surface area contributed by atoms with E-state index in [1.165, 1.54) is 0 Å². The summed E-state index contributed by atoms with van der Waals surface area (Å²) < 4.78 is 0. The topological polar surface area (TPSA) is 169 Å². The minimum Gasteiger partial charge on any atom is -1.00 e. The Labute approximate surface area is 142 Å². The monoisotopic (exact) mass is 236 g/mol. The summed E-state index contributed by atoms with van der Waals surface area (Å²) in [5.74, 6) is -1.92. The molecule has 0 aliphatic carbocycles. The number of hydrogen-bond acceptors (Lipinski definition) is 2. The van der Waals surface area contributed by atoms with Crippen LogP contribution in [0.1, 0.15) is 8.35 Å². The van der Waals surface area contributed by atoms with Crippen molar-refractivity contribution in [2.75, 3.05) is 0 Å². The van der Waals surface area contributed by atoms with Gasteiger partial charge in [0.25, 0.3) is 5.97 Å². The van der Waals surface area contributed by atoms with Crippen LogP contribution in [0.15, 0.2) is 0 Å². The Morgan fingerprint density at radius 2 is 1.15 bits per heavy atom. The fourth-order valence-electron chi connectivity index (χ4n) is 0. The summed E-state index contributed by atoms with van der Waals surface area (Å²) >= 11 is 0. The summed E-state index contributed by atoms with van der Waals surface area (Å²) in [6.45, 7) is 3.64. The Hall–Kier alpha value is 1.33. The molecule has 0 amide bonds. The van der Waals surface area contributed by atoms with E-state index >= 15 is 0 Å². The van der Waals surface area contributed by atoms with Crippen LogP contribution in [0.2, 0.25) is 0 Å². The fourth-order valence-corrected chi connectivity index (χ4v) is 0. The van der Waals surface area contributed by atoms with Crippen molar-refractivity contribution < 1.29 is 119 Å². The first-order valence-corrected chi connectivity index (χ1v) is 1.71. The number of carbonyl (C=O) groups is 2. The standard InChI is InChI=1S/C2H4O2.C2H3O2.K.Na.3H2O.H/c2*1-2(3)4;;;;;;/h1H3,(H,3,4);1H2,(H,3,4);;;3*1H2;/q;-1;2*+1;;;;-1. The van der Waals surface area contributed by atoms with Gasteiger partial charge in [-0.15, -0.1) is 0 Å². The molecule has 0 saturated carbocycles. The molecule has 0 heterocycles. The zero-order chi connectivity index (χ0) is 7.15. The number of hydrogen-bond donors (Lipinski definition) is 2. The van der Waals surface area contributed by atoms with Crippen molar-refractivity contribution in [3.05, 3.63) is 6.92 Å². The number of aliphatic carboxylic acids is 2. The van der Waals surface area contributed by atoms with E-state index in [-0.39, 0.29) is 98.8 Å². The Morgan fingerprint density at radius 1 is 1.15 bits per heavy atom. The van der Waals surface area contributed by atoms with E-state index in [1.54, 1.807) is 0 Å². The van der Waals surface area contributed by atoms with Crippen LogP contribution in [-0.2, 0) is 9.59 Å². The summed E-state index contributed by atoms with van der Waals surface area (Å²) in [5.41, 5.74) is 0. The maximum Gasteiger partial charge on any atom is 1.00 e. The molecule has 0 unspecified atom stereocenters. The molecule has 0 aliphatic heterocycles. The molecule has 0 bridgehead atoms. The summed E-state index contributed by atoms with van der Waals surface area (Å²) in [6, 6.07) is 0. The molecule has 0 spiro atoms. The molecule has 0 aromatic rings. The van der Waals surface area contributed by atoms with Gasteiger partial charge in [0.2, 0.25) is 0 Å². The summed E-state index contributed by atoms with van der Waals surface area (Å²) in [5, 5.41) is 14.7. The van der Waals surface area contributed by atoms with Gasteiger partial charge in [0.1, 0.15) is 0 Å². The minimum atomic E-state index is -1.08. The molecule has 0 radical (unpaired) electrons. The predicted octanol–water partition coefficient (Wildman–Crippen LogP) is -8.36. The van der Waals surface area contributed by atoms with E-state index in [2.05, 4.69) is 6.92 Å². The van der Waals surface area contributed by atoms with E-state index in [9.17, 15) is 0 Å². The third-order valence-electron chi connectivity index (χ3n) is 0. The van der Waals surface area contributed by atoms with Crippen molar-refractivity contribution >= 4 is 11.9 Å².